The SMILES string of the molecule is CCCCC/C(=C/P(=O)(OCC)OCC)c1ccc(OC)cc1. The maximum Gasteiger partial charge on any atom is 0.354 e. The van der Waals surface area contributed by atoms with E-state index in [1.54, 1.807) is 12.9 Å². The lowest BCUT2D eigenvalue weighted by Gasteiger charge is -2.16. The number of ether oxygens (including phenoxy) is 1. The Kier molecular flexibility index (Phi) is 9.23. The van der Waals surface area contributed by atoms with E-state index in [1.807, 2.05) is 38.1 Å². The molecule has 0 heterocycles. The third-order valence-corrected chi connectivity index (χ3v) is 5.31. The number of benzene rings is 1. The molecular formula is C18H29O4P. The fourth-order valence-electron chi connectivity index (χ4n) is 2.32. The second kappa shape index (κ2) is 10.6. The molecule has 5 heteroatoms. The van der Waals surface area contributed by atoms with Crippen molar-refractivity contribution in [3.05, 3.63) is 35.6 Å². The predicted octanol–water partition coefficient (Wildman–Crippen LogP) is 5.88. The highest BCUT2D eigenvalue weighted by atomic mass is 31.2. The molecule has 0 N–H and O–H groups in total. The van der Waals surface area contributed by atoms with Gasteiger partial charge in [0, 0.05) is 5.82 Å². The normalized spacial score (nSPS) is 12.4. The Morgan fingerprint density at radius 2 is 1.65 bits per heavy atom. The van der Waals surface area contributed by atoms with E-state index in [0.717, 1.165) is 42.6 Å². The van der Waals surface area contributed by atoms with Crippen LogP contribution in [0.3, 0.4) is 0 Å². The predicted molar refractivity (Wildman–Crippen MR) is 96.0 cm³/mol. The molecule has 1 rings (SSSR count). The van der Waals surface area contributed by atoms with Gasteiger partial charge in [-0.05, 0) is 50.0 Å². The molecule has 23 heavy (non-hydrogen) atoms. The summed E-state index contributed by atoms with van der Waals surface area (Å²) in [7, 11) is -1.56. The van der Waals surface area contributed by atoms with Crippen molar-refractivity contribution in [1.29, 1.82) is 0 Å². The van der Waals surface area contributed by atoms with Crippen LogP contribution in [-0.4, -0.2) is 20.3 Å². The van der Waals surface area contributed by atoms with E-state index in [2.05, 4.69) is 6.92 Å². The van der Waals surface area contributed by atoms with Gasteiger partial charge in [0.1, 0.15) is 5.75 Å². The molecule has 0 unspecified atom stereocenters. The summed E-state index contributed by atoms with van der Waals surface area (Å²) in [5, 5.41) is 0. The minimum Gasteiger partial charge on any atom is -0.497 e. The van der Waals surface area contributed by atoms with Crippen molar-refractivity contribution in [2.24, 2.45) is 0 Å². The second-order valence-corrected chi connectivity index (χ2v) is 7.07. The topological polar surface area (TPSA) is 44.8 Å². The summed E-state index contributed by atoms with van der Waals surface area (Å²) < 4.78 is 28.8. The van der Waals surface area contributed by atoms with Crippen molar-refractivity contribution in [1.82, 2.24) is 0 Å². The molecule has 1 aromatic rings. The van der Waals surface area contributed by atoms with Crippen LogP contribution in [-0.2, 0) is 13.6 Å². The summed E-state index contributed by atoms with van der Waals surface area (Å²) in [5.74, 6) is 2.50. The summed E-state index contributed by atoms with van der Waals surface area (Å²) in [6.45, 7) is 6.53. The monoisotopic (exact) mass is 340 g/mol. The number of allylic oxidation sites excluding steroid dienone is 1. The average Bonchev–Trinajstić information content (AvgIpc) is 2.54. The third kappa shape index (κ3) is 6.90. The van der Waals surface area contributed by atoms with Gasteiger partial charge in [-0.15, -0.1) is 0 Å². The largest absolute Gasteiger partial charge is 0.497 e. The van der Waals surface area contributed by atoms with Crippen molar-refractivity contribution in [3.8, 4) is 5.75 Å². The molecule has 0 saturated carbocycles. The molecule has 0 saturated heterocycles. The van der Waals surface area contributed by atoms with Crippen LogP contribution in [0.25, 0.3) is 5.57 Å². The maximum absolute atomic E-state index is 12.8. The molecule has 0 atom stereocenters. The van der Waals surface area contributed by atoms with E-state index >= 15 is 0 Å². The van der Waals surface area contributed by atoms with E-state index in [4.69, 9.17) is 13.8 Å². The molecule has 0 aliphatic heterocycles. The van der Waals surface area contributed by atoms with Crippen molar-refractivity contribution < 1.29 is 18.3 Å². The van der Waals surface area contributed by atoms with Gasteiger partial charge >= 0.3 is 7.60 Å². The molecule has 1 aromatic carbocycles. The molecule has 0 radical (unpaired) electrons. The molecular weight excluding hydrogens is 311 g/mol. The van der Waals surface area contributed by atoms with Gasteiger partial charge in [0.25, 0.3) is 0 Å². The van der Waals surface area contributed by atoms with Gasteiger partial charge in [-0.25, -0.2) is 0 Å². The minimum atomic E-state index is -3.20. The molecule has 0 fully saturated rings. The van der Waals surface area contributed by atoms with Crippen LogP contribution in [0, 0.1) is 0 Å². The number of unbranched alkanes of at least 4 members (excludes halogenated alkanes) is 2. The minimum absolute atomic E-state index is 0.360. The number of methoxy groups -OCH3 is 1. The number of hydrogen-bond donors (Lipinski definition) is 0. The van der Waals surface area contributed by atoms with Crippen LogP contribution in [0.2, 0.25) is 0 Å². The van der Waals surface area contributed by atoms with Gasteiger partial charge < -0.3 is 13.8 Å². The smallest absolute Gasteiger partial charge is 0.354 e. The Hall–Kier alpha value is -1.09. The zero-order chi connectivity index (χ0) is 17.1. The van der Waals surface area contributed by atoms with Crippen LogP contribution >= 0.6 is 7.60 Å². The first-order chi connectivity index (χ1) is 11.1. The lowest BCUT2D eigenvalue weighted by molar-refractivity contribution is 0.229. The zero-order valence-electron chi connectivity index (χ0n) is 14.7. The van der Waals surface area contributed by atoms with Crippen LogP contribution in [0.1, 0.15) is 52.0 Å². The van der Waals surface area contributed by atoms with E-state index < -0.39 is 7.60 Å². The fourth-order valence-corrected chi connectivity index (χ4v) is 3.92. The quantitative estimate of drug-likeness (QED) is 0.372. The van der Waals surface area contributed by atoms with E-state index in [-0.39, 0.29) is 0 Å². The first-order valence-electron chi connectivity index (χ1n) is 8.33. The molecule has 0 aliphatic carbocycles. The van der Waals surface area contributed by atoms with Crippen molar-refractivity contribution in [3.63, 3.8) is 0 Å². The molecule has 4 nitrogen and oxygen atoms in total. The number of hydrogen-bond acceptors (Lipinski definition) is 4. The van der Waals surface area contributed by atoms with Gasteiger partial charge in [-0.3, -0.25) is 4.57 Å². The first kappa shape index (κ1) is 20.0. The summed E-state index contributed by atoms with van der Waals surface area (Å²) in [5.41, 5.74) is 2.04. The summed E-state index contributed by atoms with van der Waals surface area (Å²) >= 11 is 0. The van der Waals surface area contributed by atoms with Crippen LogP contribution in [0.5, 0.6) is 5.75 Å². The average molecular weight is 340 g/mol. The number of rotatable bonds is 11. The lowest BCUT2D eigenvalue weighted by Crippen LogP contribution is -1.95. The Morgan fingerprint density at radius 3 is 2.13 bits per heavy atom. The molecule has 0 spiro atoms. The van der Waals surface area contributed by atoms with Gasteiger partial charge in [0.05, 0.1) is 20.3 Å². The standard InChI is InChI=1S/C18H29O4P/c1-5-8-9-10-17(15-23(19,21-6-2)22-7-3)16-11-13-18(20-4)14-12-16/h11-15H,5-10H2,1-4H3/b17-15-. The van der Waals surface area contributed by atoms with Crippen molar-refractivity contribution >= 4 is 13.2 Å². The highest BCUT2D eigenvalue weighted by Crippen LogP contribution is 2.52. The van der Waals surface area contributed by atoms with Gasteiger partial charge in [-0.2, -0.15) is 0 Å². The summed E-state index contributed by atoms with van der Waals surface area (Å²) in [4.78, 5) is 0. The maximum atomic E-state index is 12.8. The first-order valence-corrected chi connectivity index (χ1v) is 9.94. The van der Waals surface area contributed by atoms with Crippen LogP contribution in [0.15, 0.2) is 30.1 Å². The molecule has 0 aromatic heterocycles. The van der Waals surface area contributed by atoms with Gasteiger partial charge in [-0.1, -0.05) is 31.9 Å². The van der Waals surface area contributed by atoms with Crippen molar-refractivity contribution in [2.45, 2.75) is 46.5 Å². The molecule has 130 valence electrons. The fraction of sp³-hybridized carbons (Fsp3) is 0.556. The summed E-state index contributed by atoms with van der Waals surface area (Å²) in [6.07, 6.45) is 4.18. The van der Waals surface area contributed by atoms with Crippen LogP contribution < -0.4 is 4.74 Å². The van der Waals surface area contributed by atoms with Gasteiger partial charge in [0.15, 0.2) is 0 Å². The second-order valence-electron chi connectivity index (χ2n) is 5.22. The summed E-state index contributed by atoms with van der Waals surface area (Å²) in [6, 6.07) is 7.79. The van der Waals surface area contributed by atoms with E-state index in [9.17, 15) is 4.57 Å². The molecule has 0 aliphatic rings. The van der Waals surface area contributed by atoms with Crippen molar-refractivity contribution in [2.75, 3.05) is 20.3 Å². The molecule has 0 amide bonds. The highest BCUT2D eigenvalue weighted by Gasteiger charge is 2.21. The lowest BCUT2D eigenvalue weighted by atomic mass is 10.0. The Morgan fingerprint density at radius 1 is 1.04 bits per heavy atom. The molecule has 0 bridgehead atoms. The zero-order valence-corrected chi connectivity index (χ0v) is 15.6. The highest BCUT2D eigenvalue weighted by molar-refractivity contribution is 7.57. The van der Waals surface area contributed by atoms with E-state index in [1.165, 1.54) is 0 Å². The Bertz CT molecular complexity index is 512. The van der Waals surface area contributed by atoms with Crippen LogP contribution in [0.4, 0.5) is 0 Å². The Balaban J connectivity index is 3.10. The Labute approximate surface area is 140 Å². The van der Waals surface area contributed by atoms with Gasteiger partial charge in [0.2, 0.25) is 0 Å². The third-order valence-electron chi connectivity index (χ3n) is 3.44. The van der Waals surface area contributed by atoms with E-state index in [0.29, 0.717) is 13.2 Å².